The average molecular weight is 495 g/mol. The SMILES string of the molecule is O=C(NC1CCC(CN(c2ccn[nH]2)c2ccccc2F)CC1)c1cc(C(F)(F)F)ccc1Cl. The molecule has 1 saturated carbocycles. The molecule has 1 heterocycles. The standard InChI is InChI=1S/C24H23ClF4N4O/c25-19-10-7-16(24(27,28)29)13-18(19)23(34)31-17-8-5-15(6-9-17)14-33(22-11-12-30-32-22)21-4-2-1-3-20(21)26/h1-4,7,10-13,15,17H,5-6,8-9,14H2,(H,30,32)(H,31,34). The zero-order valence-electron chi connectivity index (χ0n) is 18.1. The van der Waals surface area contributed by atoms with Gasteiger partial charge >= 0.3 is 6.18 Å². The lowest BCUT2D eigenvalue weighted by Crippen LogP contribution is -2.39. The maximum atomic E-state index is 14.5. The molecule has 1 amide bonds. The number of rotatable bonds is 6. The summed E-state index contributed by atoms with van der Waals surface area (Å²) in [5, 5.41) is 9.65. The van der Waals surface area contributed by atoms with Gasteiger partial charge in [0.2, 0.25) is 0 Å². The average Bonchev–Trinajstić information content (AvgIpc) is 3.33. The van der Waals surface area contributed by atoms with Crippen LogP contribution in [0.3, 0.4) is 0 Å². The third kappa shape index (κ3) is 5.52. The zero-order chi connectivity index (χ0) is 24.3. The second kappa shape index (κ2) is 10.0. The third-order valence-corrected chi connectivity index (χ3v) is 6.41. The highest BCUT2D eigenvalue weighted by Gasteiger charge is 2.32. The number of hydrogen-bond donors (Lipinski definition) is 2. The van der Waals surface area contributed by atoms with Crippen LogP contribution in [-0.4, -0.2) is 28.7 Å². The molecule has 0 spiro atoms. The molecule has 1 aliphatic carbocycles. The lowest BCUT2D eigenvalue weighted by molar-refractivity contribution is -0.137. The van der Waals surface area contributed by atoms with E-state index in [1.165, 1.54) is 6.07 Å². The number of aromatic amines is 1. The van der Waals surface area contributed by atoms with E-state index in [1.54, 1.807) is 30.5 Å². The number of carbonyl (C=O) groups excluding carboxylic acids is 1. The van der Waals surface area contributed by atoms with E-state index in [1.807, 2.05) is 4.90 Å². The highest BCUT2D eigenvalue weighted by Crippen LogP contribution is 2.33. The lowest BCUT2D eigenvalue weighted by atomic mass is 9.85. The van der Waals surface area contributed by atoms with Crippen molar-refractivity contribution in [2.45, 2.75) is 37.9 Å². The molecule has 1 aromatic heterocycles. The Balaban J connectivity index is 1.39. The number of hydrogen-bond acceptors (Lipinski definition) is 3. The van der Waals surface area contributed by atoms with Crippen molar-refractivity contribution in [2.75, 3.05) is 11.4 Å². The Kier molecular flexibility index (Phi) is 7.11. The van der Waals surface area contributed by atoms with Crippen LogP contribution in [0.4, 0.5) is 29.1 Å². The predicted molar refractivity (Wildman–Crippen MR) is 122 cm³/mol. The van der Waals surface area contributed by atoms with Gasteiger partial charge in [0.15, 0.2) is 0 Å². The minimum Gasteiger partial charge on any atom is -0.349 e. The van der Waals surface area contributed by atoms with Crippen molar-refractivity contribution in [1.29, 1.82) is 0 Å². The first-order valence-corrected chi connectivity index (χ1v) is 11.3. The molecule has 0 saturated heterocycles. The minimum absolute atomic E-state index is 0.0285. The van der Waals surface area contributed by atoms with Gasteiger partial charge in [-0.05, 0) is 61.9 Å². The van der Waals surface area contributed by atoms with Crippen LogP contribution in [-0.2, 0) is 6.18 Å². The fraction of sp³-hybridized carbons (Fsp3) is 0.333. The molecule has 2 aromatic carbocycles. The van der Waals surface area contributed by atoms with Gasteiger partial charge in [0.25, 0.3) is 5.91 Å². The molecule has 1 fully saturated rings. The first-order chi connectivity index (χ1) is 16.2. The Bertz CT molecular complexity index is 1130. The number of nitrogens with one attached hydrogen (secondary N) is 2. The van der Waals surface area contributed by atoms with E-state index in [0.29, 0.717) is 30.9 Å². The molecule has 0 bridgehead atoms. The molecular weight excluding hydrogens is 472 g/mol. The summed E-state index contributed by atoms with van der Waals surface area (Å²) in [6.07, 6.45) is -0.117. The Labute approximate surface area is 199 Å². The van der Waals surface area contributed by atoms with Crippen LogP contribution in [0.25, 0.3) is 0 Å². The molecule has 10 heteroatoms. The summed E-state index contributed by atoms with van der Waals surface area (Å²) in [6, 6.07) is 10.8. The first kappa shape index (κ1) is 24.1. The number of para-hydroxylation sites is 1. The van der Waals surface area contributed by atoms with Crippen LogP contribution < -0.4 is 10.2 Å². The molecule has 0 unspecified atom stereocenters. The normalized spacial score (nSPS) is 18.5. The van der Waals surface area contributed by atoms with Gasteiger partial charge in [-0.3, -0.25) is 9.89 Å². The lowest BCUT2D eigenvalue weighted by Gasteiger charge is -2.33. The molecule has 5 nitrogen and oxygen atoms in total. The van der Waals surface area contributed by atoms with Crippen LogP contribution in [0.1, 0.15) is 41.6 Å². The van der Waals surface area contributed by atoms with Crippen LogP contribution in [0, 0.1) is 11.7 Å². The van der Waals surface area contributed by atoms with Gasteiger partial charge in [0, 0.05) is 18.7 Å². The van der Waals surface area contributed by atoms with E-state index in [2.05, 4.69) is 15.5 Å². The largest absolute Gasteiger partial charge is 0.416 e. The Morgan fingerprint density at radius 1 is 1.12 bits per heavy atom. The zero-order valence-corrected chi connectivity index (χ0v) is 18.8. The van der Waals surface area contributed by atoms with E-state index in [9.17, 15) is 22.4 Å². The molecule has 1 aliphatic rings. The maximum Gasteiger partial charge on any atom is 0.416 e. The molecule has 0 atom stereocenters. The number of halogens is 5. The number of aromatic nitrogens is 2. The summed E-state index contributed by atoms with van der Waals surface area (Å²) < 4.78 is 53.5. The molecule has 180 valence electrons. The van der Waals surface area contributed by atoms with Crippen LogP contribution in [0.2, 0.25) is 5.02 Å². The summed E-state index contributed by atoms with van der Waals surface area (Å²) in [6.45, 7) is 0.559. The predicted octanol–water partition coefficient (Wildman–Crippen LogP) is 6.35. The summed E-state index contributed by atoms with van der Waals surface area (Å²) in [7, 11) is 0. The number of benzene rings is 2. The summed E-state index contributed by atoms with van der Waals surface area (Å²) >= 11 is 5.99. The highest BCUT2D eigenvalue weighted by atomic mass is 35.5. The monoisotopic (exact) mass is 494 g/mol. The van der Waals surface area contributed by atoms with Crippen molar-refractivity contribution < 1.29 is 22.4 Å². The molecule has 0 aliphatic heterocycles. The quantitative estimate of drug-likeness (QED) is 0.393. The summed E-state index contributed by atoms with van der Waals surface area (Å²) in [5.41, 5.74) is -0.664. The van der Waals surface area contributed by atoms with Crippen LogP contribution in [0.5, 0.6) is 0 Å². The van der Waals surface area contributed by atoms with E-state index >= 15 is 0 Å². The van der Waals surface area contributed by atoms with E-state index in [-0.39, 0.29) is 28.4 Å². The number of carbonyl (C=O) groups is 1. The van der Waals surface area contributed by atoms with E-state index in [0.717, 1.165) is 31.0 Å². The molecular formula is C24H23ClF4N4O. The highest BCUT2D eigenvalue weighted by molar-refractivity contribution is 6.33. The van der Waals surface area contributed by atoms with Crippen molar-refractivity contribution >= 4 is 29.0 Å². The Morgan fingerprint density at radius 2 is 1.85 bits per heavy atom. The van der Waals surface area contributed by atoms with E-state index < -0.39 is 17.6 Å². The molecule has 3 aromatic rings. The first-order valence-electron chi connectivity index (χ1n) is 10.9. The topological polar surface area (TPSA) is 61.0 Å². The van der Waals surface area contributed by atoms with Gasteiger partial charge in [-0.2, -0.15) is 18.3 Å². The van der Waals surface area contributed by atoms with Gasteiger partial charge in [-0.1, -0.05) is 23.7 Å². The van der Waals surface area contributed by atoms with Gasteiger partial charge in [-0.25, -0.2) is 4.39 Å². The van der Waals surface area contributed by atoms with Gasteiger partial charge in [-0.15, -0.1) is 0 Å². The number of H-pyrrole nitrogens is 1. The van der Waals surface area contributed by atoms with Crippen molar-refractivity contribution in [3.63, 3.8) is 0 Å². The minimum atomic E-state index is -4.56. The number of alkyl halides is 3. The van der Waals surface area contributed by atoms with E-state index in [4.69, 9.17) is 11.6 Å². The van der Waals surface area contributed by atoms with Gasteiger partial charge in [0.05, 0.1) is 28.0 Å². The van der Waals surface area contributed by atoms with Gasteiger partial charge < -0.3 is 10.2 Å². The molecule has 2 N–H and O–H groups in total. The second-order valence-corrected chi connectivity index (χ2v) is 8.79. The van der Waals surface area contributed by atoms with Crippen LogP contribution >= 0.6 is 11.6 Å². The smallest absolute Gasteiger partial charge is 0.349 e. The molecule has 34 heavy (non-hydrogen) atoms. The number of amides is 1. The third-order valence-electron chi connectivity index (χ3n) is 6.08. The summed E-state index contributed by atoms with van der Waals surface area (Å²) in [5.74, 6) is -0.0473. The molecule has 0 radical (unpaired) electrons. The van der Waals surface area contributed by atoms with Crippen molar-refractivity contribution in [3.05, 3.63) is 76.7 Å². The maximum absolute atomic E-state index is 14.5. The fourth-order valence-electron chi connectivity index (χ4n) is 4.28. The van der Waals surface area contributed by atoms with Crippen molar-refractivity contribution in [2.24, 2.45) is 5.92 Å². The number of nitrogens with zero attached hydrogens (tertiary/aromatic N) is 2. The number of anilines is 2. The molecule has 4 rings (SSSR count). The van der Waals surface area contributed by atoms with Crippen molar-refractivity contribution in [3.8, 4) is 0 Å². The van der Waals surface area contributed by atoms with Gasteiger partial charge in [0.1, 0.15) is 11.6 Å². The fourth-order valence-corrected chi connectivity index (χ4v) is 4.49. The Hall–Kier alpha value is -3.07. The Morgan fingerprint density at radius 3 is 2.50 bits per heavy atom. The summed E-state index contributed by atoms with van der Waals surface area (Å²) in [4.78, 5) is 14.5. The second-order valence-electron chi connectivity index (χ2n) is 8.39. The van der Waals surface area contributed by atoms with Crippen LogP contribution in [0.15, 0.2) is 54.7 Å². The van der Waals surface area contributed by atoms with Crippen molar-refractivity contribution in [1.82, 2.24) is 15.5 Å².